The van der Waals surface area contributed by atoms with E-state index in [9.17, 15) is 4.79 Å². The van der Waals surface area contributed by atoms with Crippen molar-refractivity contribution >= 4 is 53.8 Å². The van der Waals surface area contributed by atoms with Crippen molar-refractivity contribution in [3.63, 3.8) is 0 Å². The maximum absolute atomic E-state index is 11.9. The van der Waals surface area contributed by atoms with Gasteiger partial charge in [0.05, 0.1) is 6.33 Å². The maximum atomic E-state index is 11.9. The minimum Gasteiger partial charge on any atom is -0.365 e. The summed E-state index contributed by atoms with van der Waals surface area (Å²) in [6.07, 6.45) is 12.2. The van der Waals surface area contributed by atoms with Gasteiger partial charge in [0.15, 0.2) is 17.0 Å². The second-order valence-corrected chi connectivity index (χ2v) is 10.9. The largest absolute Gasteiger partial charge is 0.426 e. The summed E-state index contributed by atoms with van der Waals surface area (Å²) in [5.41, 5.74) is 7.84. The van der Waals surface area contributed by atoms with Gasteiger partial charge in [0.2, 0.25) is 5.95 Å². The average molecular weight is 573 g/mol. The van der Waals surface area contributed by atoms with Crippen LogP contribution < -0.4 is 21.7 Å². The van der Waals surface area contributed by atoms with Gasteiger partial charge in [-0.2, -0.15) is 9.97 Å². The number of fused-ring (bicyclic) bond motifs is 1. The van der Waals surface area contributed by atoms with Crippen molar-refractivity contribution in [3.8, 4) is 0 Å². The SMILES string of the molecule is CC(C)NC(=O)ON1CCC(Nc2nc(N[C@H]3CC[C@H](N)CC3)nc3c2ncn3C2CCCC2)CC1.Cl.Cl. The topological polar surface area (TPSA) is 135 Å². The molecule has 0 spiro atoms. The van der Waals surface area contributed by atoms with Crippen molar-refractivity contribution in [2.24, 2.45) is 5.73 Å². The number of amides is 1. The molecule has 214 valence electrons. The average Bonchev–Trinajstić information content (AvgIpc) is 3.51. The monoisotopic (exact) mass is 571 g/mol. The molecule has 2 aromatic rings. The number of nitrogens with one attached hydrogen (secondary N) is 3. The van der Waals surface area contributed by atoms with Gasteiger partial charge in [0, 0.05) is 43.3 Å². The number of rotatable bonds is 7. The molecule has 3 fully saturated rings. The van der Waals surface area contributed by atoms with Crippen molar-refractivity contribution in [1.29, 1.82) is 0 Å². The smallest absolute Gasteiger partial charge is 0.365 e. The second-order valence-electron chi connectivity index (χ2n) is 10.9. The lowest BCUT2D eigenvalue weighted by molar-refractivity contribution is -0.112. The number of nitrogens with two attached hydrogens (primary N) is 1. The molecule has 38 heavy (non-hydrogen) atoms. The molecule has 2 aromatic heterocycles. The molecule has 13 heteroatoms. The molecule has 3 heterocycles. The first-order valence-corrected chi connectivity index (χ1v) is 13.7. The van der Waals surface area contributed by atoms with E-state index in [0.29, 0.717) is 37.2 Å². The maximum Gasteiger partial charge on any atom is 0.426 e. The normalized spacial score (nSPS) is 23.1. The fraction of sp³-hybridized carbons (Fsp3) is 0.760. The number of piperidine rings is 1. The highest BCUT2D eigenvalue weighted by Gasteiger charge is 2.27. The van der Waals surface area contributed by atoms with E-state index >= 15 is 0 Å². The quantitative estimate of drug-likeness (QED) is 0.381. The van der Waals surface area contributed by atoms with Crippen LogP contribution in [0.4, 0.5) is 16.6 Å². The highest BCUT2D eigenvalue weighted by molar-refractivity contribution is 5.86. The predicted octanol–water partition coefficient (Wildman–Crippen LogP) is 4.39. The van der Waals surface area contributed by atoms with Crippen molar-refractivity contribution in [2.75, 3.05) is 23.7 Å². The summed E-state index contributed by atoms with van der Waals surface area (Å²) < 4.78 is 2.25. The number of imidazole rings is 1. The minimum atomic E-state index is -0.397. The Morgan fingerprint density at radius 1 is 0.974 bits per heavy atom. The number of hydrogen-bond acceptors (Lipinski definition) is 9. The van der Waals surface area contributed by atoms with Crippen LogP contribution in [0.2, 0.25) is 0 Å². The fourth-order valence-corrected chi connectivity index (χ4v) is 5.64. The first kappa shape index (κ1) is 30.5. The summed E-state index contributed by atoms with van der Waals surface area (Å²) in [5.74, 6) is 1.44. The molecule has 1 amide bonds. The first-order chi connectivity index (χ1) is 17.4. The van der Waals surface area contributed by atoms with Gasteiger partial charge < -0.3 is 31.1 Å². The number of hydrogen-bond donors (Lipinski definition) is 4. The molecule has 0 atom stereocenters. The number of carbonyl (C=O) groups excluding carboxylic acids is 1. The molecular formula is C25H43Cl2N9O2. The number of aromatic nitrogens is 4. The van der Waals surface area contributed by atoms with E-state index in [2.05, 4.69) is 20.5 Å². The summed E-state index contributed by atoms with van der Waals surface area (Å²) in [6, 6.07) is 1.37. The molecule has 2 aliphatic carbocycles. The molecule has 0 unspecified atom stereocenters. The van der Waals surface area contributed by atoms with Gasteiger partial charge in [0.25, 0.3) is 0 Å². The Labute approximate surface area is 237 Å². The number of halogens is 2. The van der Waals surface area contributed by atoms with Crippen molar-refractivity contribution in [2.45, 2.75) is 108 Å². The van der Waals surface area contributed by atoms with Crippen LogP contribution in [0.5, 0.6) is 0 Å². The lowest BCUT2D eigenvalue weighted by Crippen LogP contribution is -2.43. The van der Waals surface area contributed by atoms with Gasteiger partial charge in [0.1, 0.15) is 0 Å². The molecule has 0 bridgehead atoms. The van der Waals surface area contributed by atoms with Gasteiger partial charge in [-0.15, -0.1) is 29.9 Å². The van der Waals surface area contributed by atoms with Crippen LogP contribution in [0.1, 0.15) is 84.1 Å². The molecule has 2 saturated carbocycles. The Bertz CT molecular complexity index is 1030. The number of hydroxylamine groups is 2. The van der Waals surface area contributed by atoms with Crippen LogP contribution in [-0.4, -0.2) is 67.9 Å². The Morgan fingerprint density at radius 2 is 1.63 bits per heavy atom. The van der Waals surface area contributed by atoms with Crippen LogP contribution in [-0.2, 0) is 4.84 Å². The van der Waals surface area contributed by atoms with E-state index < -0.39 is 6.09 Å². The second kappa shape index (κ2) is 13.8. The van der Waals surface area contributed by atoms with E-state index in [4.69, 9.17) is 25.5 Å². The Hall–Kier alpha value is -2.08. The molecule has 5 N–H and O–H groups in total. The van der Waals surface area contributed by atoms with Gasteiger partial charge in [-0.05, 0) is 65.2 Å². The van der Waals surface area contributed by atoms with Crippen LogP contribution in [0.15, 0.2) is 6.33 Å². The van der Waals surface area contributed by atoms with E-state index in [1.165, 1.54) is 25.7 Å². The zero-order valence-corrected chi connectivity index (χ0v) is 24.0. The van der Waals surface area contributed by atoms with Crippen LogP contribution in [0, 0.1) is 0 Å². The van der Waals surface area contributed by atoms with Gasteiger partial charge in [-0.3, -0.25) is 0 Å². The van der Waals surface area contributed by atoms with Gasteiger partial charge >= 0.3 is 6.09 Å². The van der Waals surface area contributed by atoms with Gasteiger partial charge in [-0.25, -0.2) is 9.78 Å². The molecule has 3 aliphatic rings. The van der Waals surface area contributed by atoms with E-state index in [-0.39, 0.29) is 36.9 Å². The summed E-state index contributed by atoms with van der Waals surface area (Å²) in [5, 5.41) is 11.7. The molecule has 0 aromatic carbocycles. The van der Waals surface area contributed by atoms with E-state index in [1.54, 1.807) is 5.06 Å². The zero-order chi connectivity index (χ0) is 25.1. The third-order valence-electron chi connectivity index (χ3n) is 7.66. The Morgan fingerprint density at radius 3 is 2.29 bits per heavy atom. The zero-order valence-electron chi connectivity index (χ0n) is 22.4. The van der Waals surface area contributed by atoms with Crippen LogP contribution in [0.3, 0.4) is 0 Å². The van der Waals surface area contributed by atoms with Crippen LogP contribution >= 0.6 is 24.8 Å². The van der Waals surface area contributed by atoms with E-state index in [1.807, 2.05) is 20.2 Å². The first-order valence-electron chi connectivity index (χ1n) is 13.7. The number of nitrogens with zero attached hydrogens (tertiary/aromatic N) is 5. The lowest BCUT2D eigenvalue weighted by Gasteiger charge is -2.31. The molecule has 1 aliphatic heterocycles. The molecule has 0 radical (unpaired) electrons. The van der Waals surface area contributed by atoms with E-state index in [0.717, 1.165) is 55.5 Å². The standard InChI is InChI=1S/C25H41N9O2.2ClH/c1-16(2)28-25(35)36-33-13-11-19(12-14-33)29-22-21-23(34(15-27-21)20-5-3-4-6-20)32-24(31-22)30-18-9-7-17(26)8-10-18;;/h15-20H,3-14,26H2,1-2H3,(H,28,35)(H2,29,30,31,32);2*1H/t17-,18-;;. The predicted molar refractivity (Wildman–Crippen MR) is 154 cm³/mol. The number of anilines is 2. The Balaban J connectivity index is 0.00000200. The molecule has 5 rings (SSSR count). The summed E-state index contributed by atoms with van der Waals surface area (Å²) >= 11 is 0. The lowest BCUT2D eigenvalue weighted by atomic mass is 9.92. The highest BCUT2D eigenvalue weighted by Crippen LogP contribution is 2.33. The highest BCUT2D eigenvalue weighted by atomic mass is 35.5. The Kier molecular flexibility index (Phi) is 11.1. The summed E-state index contributed by atoms with van der Waals surface area (Å²) in [7, 11) is 0. The summed E-state index contributed by atoms with van der Waals surface area (Å²) in [6.45, 7) is 5.17. The number of carbonyl (C=O) groups is 1. The molecule has 11 nitrogen and oxygen atoms in total. The van der Waals surface area contributed by atoms with Crippen molar-refractivity contribution in [3.05, 3.63) is 6.33 Å². The van der Waals surface area contributed by atoms with Crippen molar-refractivity contribution in [1.82, 2.24) is 29.9 Å². The molecule has 1 saturated heterocycles. The minimum absolute atomic E-state index is 0. The fourth-order valence-electron chi connectivity index (χ4n) is 5.64. The third kappa shape index (κ3) is 7.52. The van der Waals surface area contributed by atoms with Gasteiger partial charge in [-0.1, -0.05) is 12.8 Å². The van der Waals surface area contributed by atoms with Crippen LogP contribution in [0.25, 0.3) is 11.2 Å². The summed E-state index contributed by atoms with van der Waals surface area (Å²) in [4.78, 5) is 32.0. The van der Waals surface area contributed by atoms with Crippen molar-refractivity contribution < 1.29 is 9.63 Å². The molecular weight excluding hydrogens is 529 g/mol. The third-order valence-corrected chi connectivity index (χ3v) is 7.66.